The first-order valence-corrected chi connectivity index (χ1v) is 7.70. The number of hydrogen-bond donors (Lipinski definition) is 3. The summed E-state index contributed by atoms with van der Waals surface area (Å²) in [5.41, 5.74) is 0. The molecule has 0 saturated carbocycles. The molecule has 1 aliphatic heterocycles. The van der Waals surface area contributed by atoms with Gasteiger partial charge in [0, 0.05) is 13.1 Å². The second-order valence-corrected chi connectivity index (χ2v) is 6.54. The normalized spacial score (nSPS) is 22.7. The van der Waals surface area contributed by atoms with Gasteiger partial charge in [-0.05, 0) is 12.8 Å². The second-order valence-electron chi connectivity index (χ2n) is 4.56. The fourth-order valence-corrected chi connectivity index (χ4v) is 2.80. The number of amides is 1. The van der Waals surface area contributed by atoms with E-state index in [-0.39, 0.29) is 13.1 Å². The molecule has 19 heavy (non-hydrogen) atoms. The number of carbonyl (C=O) groups is 2. The maximum atomic E-state index is 11.8. The van der Waals surface area contributed by atoms with Crippen LogP contribution in [0.5, 0.6) is 0 Å². The Morgan fingerprint density at radius 3 is 2.63 bits per heavy atom. The van der Waals surface area contributed by atoms with Crippen molar-refractivity contribution in [2.24, 2.45) is 5.92 Å². The Hall–Kier alpha value is -1.19. The molecule has 0 aromatic rings. The third-order valence-corrected chi connectivity index (χ3v) is 4.25. The summed E-state index contributed by atoms with van der Waals surface area (Å²) in [4.78, 5) is 22.1. The van der Waals surface area contributed by atoms with Gasteiger partial charge in [-0.3, -0.25) is 4.79 Å². The molecule has 3 N–H and O–H groups in total. The molecule has 110 valence electrons. The number of sulfonamides is 1. The van der Waals surface area contributed by atoms with E-state index in [9.17, 15) is 18.0 Å². The van der Waals surface area contributed by atoms with Gasteiger partial charge in [0.2, 0.25) is 15.9 Å². The van der Waals surface area contributed by atoms with E-state index in [1.54, 1.807) is 0 Å². The summed E-state index contributed by atoms with van der Waals surface area (Å²) >= 11 is 0. The van der Waals surface area contributed by atoms with Crippen LogP contribution in [0.25, 0.3) is 0 Å². The van der Waals surface area contributed by atoms with Crippen molar-refractivity contribution in [2.75, 3.05) is 25.9 Å². The standard InChI is InChI=1S/C10H18N2O6S/c1-19(17,18)12-4-2-3-7(6-12)9(14)11-5-8(13)10(15)16/h7-8,13H,2-6H2,1H3,(H,11,14)(H,15,16)/t7?,8-/m0/s1. The number of carboxylic acids is 1. The number of carbonyl (C=O) groups excluding carboxylic acids is 1. The van der Waals surface area contributed by atoms with Crippen LogP contribution in [0.4, 0.5) is 0 Å². The van der Waals surface area contributed by atoms with Crippen molar-refractivity contribution in [3.05, 3.63) is 0 Å². The average molecular weight is 294 g/mol. The molecule has 9 heteroatoms. The number of aliphatic hydroxyl groups excluding tert-OH is 1. The zero-order valence-electron chi connectivity index (χ0n) is 10.6. The summed E-state index contributed by atoms with van der Waals surface area (Å²) in [5, 5.41) is 19.8. The van der Waals surface area contributed by atoms with Crippen LogP contribution in [0.3, 0.4) is 0 Å². The summed E-state index contributed by atoms with van der Waals surface area (Å²) in [6.07, 6.45) is 0.549. The van der Waals surface area contributed by atoms with Gasteiger partial charge < -0.3 is 15.5 Å². The van der Waals surface area contributed by atoms with Crippen molar-refractivity contribution in [1.82, 2.24) is 9.62 Å². The lowest BCUT2D eigenvalue weighted by atomic mass is 9.99. The number of piperidine rings is 1. The van der Waals surface area contributed by atoms with Gasteiger partial charge >= 0.3 is 5.97 Å². The predicted octanol–water partition coefficient (Wildman–Crippen LogP) is -1.78. The van der Waals surface area contributed by atoms with Gasteiger partial charge in [0.05, 0.1) is 18.7 Å². The number of nitrogens with zero attached hydrogens (tertiary/aromatic N) is 1. The lowest BCUT2D eigenvalue weighted by molar-refractivity contribution is -0.146. The molecule has 1 aliphatic rings. The molecule has 1 rings (SSSR count). The number of aliphatic hydroxyl groups is 1. The smallest absolute Gasteiger partial charge is 0.334 e. The van der Waals surface area contributed by atoms with Crippen LogP contribution in [0, 0.1) is 5.92 Å². The Balaban J connectivity index is 2.51. The van der Waals surface area contributed by atoms with Crippen molar-refractivity contribution in [3.8, 4) is 0 Å². The zero-order valence-corrected chi connectivity index (χ0v) is 11.4. The van der Waals surface area contributed by atoms with Crippen molar-refractivity contribution < 1.29 is 28.2 Å². The number of nitrogens with one attached hydrogen (secondary N) is 1. The maximum Gasteiger partial charge on any atom is 0.334 e. The van der Waals surface area contributed by atoms with Crippen LogP contribution in [-0.2, 0) is 19.6 Å². The summed E-state index contributed by atoms with van der Waals surface area (Å²) in [6.45, 7) is 0.0950. The first-order chi connectivity index (χ1) is 8.71. The molecule has 1 fully saturated rings. The maximum absolute atomic E-state index is 11.8. The van der Waals surface area contributed by atoms with E-state index in [0.29, 0.717) is 19.4 Å². The highest BCUT2D eigenvalue weighted by molar-refractivity contribution is 7.88. The van der Waals surface area contributed by atoms with Gasteiger partial charge in [0.25, 0.3) is 0 Å². The molecule has 1 heterocycles. The van der Waals surface area contributed by atoms with E-state index in [4.69, 9.17) is 10.2 Å². The summed E-state index contributed by atoms with van der Waals surface area (Å²) < 4.78 is 24.0. The highest BCUT2D eigenvalue weighted by atomic mass is 32.2. The third-order valence-electron chi connectivity index (χ3n) is 2.98. The fraction of sp³-hybridized carbons (Fsp3) is 0.800. The molecule has 0 aromatic carbocycles. The van der Waals surface area contributed by atoms with Gasteiger partial charge in [-0.1, -0.05) is 0 Å². The molecule has 1 amide bonds. The lowest BCUT2D eigenvalue weighted by Crippen LogP contribution is -2.46. The Morgan fingerprint density at radius 1 is 1.47 bits per heavy atom. The topological polar surface area (TPSA) is 124 Å². The van der Waals surface area contributed by atoms with E-state index < -0.39 is 33.9 Å². The van der Waals surface area contributed by atoms with E-state index >= 15 is 0 Å². The Bertz CT molecular complexity index is 449. The fourth-order valence-electron chi connectivity index (χ4n) is 1.89. The Morgan fingerprint density at radius 2 is 2.11 bits per heavy atom. The number of aliphatic carboxylic acids is 1. The molecule has 0 spiro atoms. The van der Waals surface area contributed by atoms with E-state index in [1.807, 2.05) is 0 Å². The molecular formula is C10H18N2O6S. The minimum atomic E-state index is -3.33. The zero-order chi connectivity index (χ0) is 14.6. The molecule has 0 bridgehead atoms. The Kier molecular flexibility index (Phi) is 5.27. The van der Waals surface area contributed by atoms with Crippen LogP contribution in [0.1, 0.15) is 12.8 Å². The first-order valence-electron chi connectivity index (χ1n) is 5.85. The van der Waals surface area contributed by atoms with Crippen molar-refractivity contribution in [1.29, 1.82) is 0 Å². The van der Waals surface area contributed by atoms with E-state index in [1.165, 1.54) is 4.31 Å². The summed E-state index contributed by atoms with van der Waals surface area (Å²) in [6, 6.07) is 0. The minimum Gasteiger partial charge on any atom is -0.479 e. The molecule has 0 radical (unpaired) electrons. The highest BCUT2D eigenvalue weighted by Crippen LogP contribution is 2.18. The summed E-state index contributed by atoms with van der Waals surface area (Å²) in [7, 11) is -3.33. The van der Waals surface area contributed by atoms with Gasteiger partial charge in [0.15, 0.2) is 6.10 Å². The molecule has 8 nitrogen and oxygen atoms in total. The molecular weight excluding hydrogens is 276 g/mol. The highest BCUT2D eigenvalue weighted by Gasteiger charge is 2.30. The van der Waals surface area contributed by atoms with Crippen LogP contribution in [0.2, 0.25) is 0 Å². The van der Waals surface area contributed by atoms with Crippen molar-refractivity contribution in [2.45, 2.75) is 18.9 Å². The monoisotopic (exact) mass is 294 g/mol. The van der Waals surface area contributed by atoms with Crippen LogP contribution in [0.15, 0.2) is 0 Å². The third kappa shape index (κ3) is 4.77. The molecule has 0 aliphatic carbocycles. The second kappa shape index (κ2) is 6.31. The largest absolute Gasteiger partial charge is 0.479 e. The van der Waals surface area contributed by atoms with Gasteiger partial charge in [-0.25, -0.2) is 17.5 Å². The van der Waals surface area contributed by atoms with Gasteiger partial charge in [0.1, 0.15) is 0 Å². The molecule has 1 unspecified atom stereocenters. The minimum absolute atomic E-state index is 0.0911. The first kappa shape index (κ1) is 15.9. The predicted molar refractivity (Wildman–Crippen MR) is 65.8 cm³/mol. The number of carboxylic acid groups (broad SMARTS) is 1. The average Bonchev–Trinajstić information content (AvgIpc) is 2.34. The Labute approximate surface area is 111 Å². The van der Waals surface area contributed by atoms with Crippen LogP contribution < -0.4 is 5.32 Å². The quantitative estimate of drug-likeness (QED) is 0.550. The number of rotatable bonds is 5. The SMILES string of the molecule is CS(=O)(=O)N1CCCC(C(=O)NC[C@H](O)C(=O)O)C1. The molecule has 2 atom stereocenters. The van der Waals surface area contributed by atoms with Crippen LogP contribution in [-0.4, -0.2) is 66.8 Å². The molecule has 1 saturated heterocycles. The molecule has 0 aromatic heterocycles. The lowest BCUT2D eigenvalue weighted by Gasteiger charge is -2.30. The van der Waals surface area contributed by atoms with Crippen LogP contribution >= 0.6 is 0 Å². The van der Waals surface area contributed by atoms with Crippen molar-refractivity contribution >= 4 is 21.9 Å². The van der Waals surface area contributed by atoms with Gasteiger partial charge in [-0.2, -0.15) is 0 Å². The number of hydrogen-bond acceptors (Lipinski definition) is 5. The van der Waals surface area contributed by atoms with E-state index in [0.717, 1.165) is 6.26 Å². The summed E-state index contributed by atoms with van der Waals surface area (Å²) in [5.74, 6) is -2.36. The van der Waals surface area contributed by atoms with Gasteiger partial charge in [-0.15, -0.1) is 0 Å². The van der Waals surface area contributed by atoms with E-state index in [2.05, 4.69) is 5.32 Å². The van der Waals surface area contributed by atoms with Crippen molar-refractivity contribution in [3.63, 3.8) is 0 Å².